The first-order valence-electron chi connectivity index (χ1n) is 15.7. The Morgan fingerprint density at radius 1 is 1.02 bits per heavy atom. The molecule has 6 fully saturated rings. The second-order valence-electron chi connectivity index (χ2n) is 14.2. The highest BCUT2D eigenvalue weighted by molar-refractivity contribution is 5.89. The number of methoxy groups -OCH3 is 4. The van der Waals surface area contributed by atoms with Gasteiger partial charge in [0, 0.05) is 76.5 Å². The van der Waals surface area contributed by atoms with Gasteiger partial charge in [-0.05, 0) is 44.4 Å². The van der Waals surface area contributed by atoms with Crippen molar-refractivity contribution < 1.29 is 48.2 Å². The van der Waals surface area contributed by atoms with Crippen LogP contribution in [0.25, 0.3) is 0 Å². The maximum atomic E-state index is 13.7. The molecule has 0 amide bonds. The van der Waals surface area contributed by atoms with Crippen molar-refractivity contribution in [3.63, 3.8) is 0 Å². The lowest BCUT2D eigenvalue weighted by Crippen LogP contribution is -2.80. The van der Waals surface area contributed by atoms with Crippen LogP contribution in [0.4, 0.5) is 0 Å². The fourth-order valence-electron chi connectivity index (χ4n) is 12.3. The first-order chi connectivity index (χ1) is 21.0. The van der Waals surface area contributed by atoms with Gasteiger partial charge in [-0.1, -0.05) is 18.2 Å². The van der Waals surface area contributed by atoms with Gasteiger partial charge in [-0.3, -0.25) is 4.79 Å². The monoisotopic (exact) mass is 615 g/mol. The fraction of sp³-hybridized carbons (Fsp3) is 0.758. The Kier molecular flexibility index (Phi) is 7.07. The van der Waals surface area contributed by atoms with Crippen LogP contribution in [-0.4, -0.2) is 123 Å². The number of rotatable bonds is 8. The Balaban J connectivity index is 1.51. The molecular weight excluding hydrogens is 570 g/mol. The van der Waals surface area contributed by atoms with Crippen molar-refractivity contribution in [2.45, 2.75) is 73.9 Å². The largest absolute Gasteiger partial charge is 0.455 e. The van der Waals surface area contributed by atoms with E-state index in [0.29, 0.717) is 12.2 Å². The minimum Gasteiger partial charge on any atom is -0.455 e. The maximum Gasteiger partial charge on any atom is 0.338 e. The lowest BCUT2D eigenvalue weighted by Gasteiger charge is -2.69. The van der Waals surface area contributed by atoms with Crippen LogP contribution in [-0.2, 0) is 33.2 Å². The molecule has 8 unspecified atom stereocenters. The van der Waals surface area contributed by atoms with Gasteiger partial charge in [0.25, 0.3) is 0 Å². The number of carbonyl (C=O) groups excluding carboxylic acids is 2. The Hall–Kier alpha value is -2.12. The lowest BCUT2D eigenvalue weighted by atomic mass is 9.43. The third kappa shape index (κ3) is 3.41. The summed E-state index contributed by atoms with van der Waals surface area (Å²) in [5.74, 6) is -2.96. The van der Waals surface area contributed by atoms with E-state index < -0.39 is 64.8 Å². The summed E-state index contributed by atoms with van der Waals surface area (Å²) < 4.78 is 37.5. The molecule has 7 rings (SSSR count). The highest BCUT2D eigenvalue weighted by Crippen LogP contribution is 2.80. The van der Waals surface area contributed by atoms with E-state index in [9.17, 15) is 19.8 Å². The summed E-state index contributed by atoms with van der Waals surface area (Å²) in [6, 6.07) is 8.39. The highest BCUT2D eigenvalue weighted by Gasteiger charge is 2.91. The van der Waals surface area contributed by atoms with Crippen molar-refractivity contribution in [1.82, 2.24) is 4.90 Å². The average molecular weight is 616 g/mol. The van der Waals surface area contributed by atoms with Crippen LogP contribution < -0.4 is 0 Å². The number of aliphatic hydroxyl groups excluding tert-OH is 1. The quantitative estimate of drug-likeness (QED) is 0.410. The normalized spacial score (nSPS) is 49.9. The van der Waals surface area contributed by atoms with Crippen LogP contribution in [0.1, 0.15) is 36.5 Å². The smallest absolute Gasteiger partial charge is 0.338 e. The fourth-order valence-corrected chi connectivity index (χ4v) is 12.3. The van der Waals surface area contributed by atoms with E-state index in [1.807, 2.05) is 6.07 Å². The van der Waals surface area contributed by atoms with Gasteiger partial charge in [-0.2, -0.15) is 0 Å². The first-order valence-corrected chi connectivity index (χ1v) is 15.7. The number of hydrogen-bond donors (Lipinski definition) is 2. The van der Waals surface area contributed by atoms with E-state index in [0.717, 1.165) is 19.4 Å². The van der Waals surface area contributed by atoms with Crippen LogP contribution in [0, 0.1) is 34.5 Å². The third-order valence-corrected chi connectivity index (χ3v) is 12.8. The minimum absolute atomic E-state index is 0.103. The van der Waals surface area contributed by atoms with Crippen LogP contribution in [0.15, 0.2) is 30.3 Å². The molecule has 11 heteroatoms. The number of likely N-dealkylation sites (tertiary alicyclic amines) is 1. The number of hydrogen-bond acceptors (Lipinski definition) is 11. The summed E-state index contributed by atoms with van der Waals surface area (Å²) in [5.41, 5.74) is -3.93. The number of piperidine rings is 1. The minimum atomic E-state index is -1.76. The molecule has 1 aromatic rings. The third-order valence-electron chi connectivity index (χ3n) is 12.8. The molecule has 242 valence electrons. The molecule has 5 saturated carbocycles. The number of aliphatic hydroxyl groups is 2. The Bertz CT molecular complexity index is 1310. The van der Waals surface area contributed by atoms with Crippen molar-refractivity contribution >= 4 is 11.9 Å². The molecule has 1 spiro atoms. The zero-order valence-corrected chi connectivity index (χ0v) is 26.3. The number of carbonyl (C=O) groups is 2. The van der Waals surface area contributed by atoms with Crippen LogP contribution in [0.3, 0.4) is 0 Å². The molecule has 44 heavy (non-hydrogen) atoms. The summed E-state index contributed by atoms with van der Waals surface area (Å²) in [6.07, 6.45) is -2.66. The van der Waals surface area contributed by atoms with Gasteiger partial charge < -0.3 is 43.5 Å². The molecule has 2 N–H and O–H groups in total. The van der Waals surface area contributed by atoms with E-state index in [2.05, 4.69) is 11.9 Å². The van der Waals surface area contributed by atoms with Crippen LogP contribution in [0.2, 0.25) is 0 Å². The van der Waals surface area contributed by atoms with Gasteiger partial charge in [-0.25, -0.2) is 4.79 Å². The Labute approximate surface area is 258 Å². The maximum absolute atomic E-state index is 13.7. The summed E-state index contributed by atoms with van der Waals surface area (Å²) in [5, 5.41) is 25.1. The molecule has 0 radical (unpaired) electrons. The van der Waals surface area contributed by atoms with Crippen molar-refractivity contribution in [2.24, 2.45) is 34.5 Å². The van der Waals surface area contributed by atoms with Crippen molar-refractivity contribution in [1.29, 1.82) is 0 Å². The Morgan fingerprint density at radius 2 is 1.75 bits per heavy atom. The number of esters is 2. The van der Waals surface area contributed by atoms with Gasteiger partial charge in [0.05, 0.1) is 24.4 Å². The standard InChI is InChI=1S/C33H45NO10/c1-17(35)44-33-21-19(14-31(38,28(42-6)26(33)36)27(21)43-29(37)18-10-8-7-9-11-18)32-20(40-4)12-13-30(16-39-3)15-34(2)25(32)22(33)23(41-5)24(30)32/h7-11,19-28,36,38H,12-16H2,1-6H3/t19-,20?,21-,22?,23?,24-,25-,26?,27?,28?,30?,31-,32?,33-/m1/s1. The summed E-state index contributed by atoms with van der Waals surface area (Å²) in [7, 11) is 8.63. The van der Waals surface area contributed by atoms with E-state index in [-0.39, 0.29) is 35.8 Å². The summed E-state index contributed by atoms with van der Waals surface area (Å²) >= 11 is 0. The van der Waals surface area contributed by atoms with E-state index in [1.165, 1.54) is 14.0 Å². The predicted molar refractivity (Wildman–Crippen MR) is 154 cm³/mol. The molecule has 14 atom stereocenters. The van der Waals surface area contributed by atoms with Gasteiger partial charge in [-0.15, -0.1) is 0 Å². The highest BCUT2D eigenvalue weighted by atomic mass is 16.6. The first kappa shape index (κ1) is 30.5. The van der Waals surface area contributed by atoms with Crippen molar-refractivity contribution in [3.05, 3.63) is 35.9 Å². The van der Waals surface area contributed by atoms with Gasteiger partial charge in [0.2, 0.25) is 0 Å². The molecule has 1 heterocycles. The molecule has 1 aliphatic heterocycles. The molecule has 6 aliphatic rings. The number of fused-ring (bicyclic) bond motifs is 2. The average Bonchev–Trinajstić information content (AvgIpc) is 3.39. The van der Waals surface area contributed by atoms with E-state index >= 15 is 0 Å². The zero-order valence-electron chi connectivity index (χ0n) is 26.3. The number of nitrogens with zero attached hydrogens (tertiary/aromatic N) is 1. The number of benzene rings is 1. The Morgan fingerprint density at radius 3 is 2.36 bits per heavy atom. The zero-order chi connectivity index (χ0) is 31.4. The second kappa shape index (κ2) is 10.2. The lowest BCUT2D eigenvalue weighted by molar-refractivity contribution is -0.316. The van der Waals surface area contributed by atoms with Gasteiger partial charge in [0.1, 0.15) is 23.9 Å². The number of ether oxygens (including phenoxy) is 6. The molecule has 11 nitrogen and oxygen atoms in total. The van der Waals surface area contributed by atoms with E-state index in [4.69, 9.17) is 28.4 Å². The van der Waals surface area contributed by atoms with Crippen molar-refractivity contribution in [3.8, 4) is 0 Å². The summed E-state index contributed by atoms with van der Waals surface area (Å²) in [6.45, 7) is 2.56. The SMILES string of the molecule is COCC12CCC(OC)C34[C@@H]5C[C@]6(O)C(OC)C(O)[C@](OC(C)=O)(C(C(OC)[C@H]13)[C@H]4N(C)C2)[C@H]5C6OC(=O)c1ccccc1. The van der Waals surface area contributed by atoms with Gasteiger partial charge >= 0.3 is 11.9 Å². The van der Waals surface area contributed by atoms with Crippen molar-refractivity contribution in [2.75, 3.05) is 48.6 Å². The molecule has 7 bridgehead atoms. The van der Waals surface area contributed by atoms with Gasteiger partial charge in [0.15, 0.2) is 5.60 Å². The van der Waals surface area contributed by atoms with Crippen LogP contribution in [0.5, 0.6) is 0 Å². The topological polar surface area (TPSA) is 133 Å². The predicted octanol–water partition coefficient (Wildman–Crippen LogP) is 1.29. The molecule has 1 saturated heterocycles. The van der Waals surface area contributed by atoms with Crippen LogP contribution >= 0.6 is 0 Å². The summed E-state index contributed by atoms with van der Waals surface area (Å²) in [4.78, 5) is 29.2. The molecule has 1 aromatic carbocycles. The molecule has 5 aliphatic carbocycles. The second-order valence-corrected chi connectivity index (χ2v) is 14.2. The van der Waals surface area contributed by atoms with E-state index in [1.54, 1.807) is 45.6 Å². The molecular formula is C33H45NO10. The molecule has 0 aromatic heterocycles.